The van der Waals surface area contributed by atoms with E-state index in [2.05, 4.69) is 26.1 Å². The molecular weight excluding hydrogens is 463 g/mol. The van der Waals surface area contributed by atoms with E-state index in [1.54, 1.807) is 0 Å². The maximum absolute atomic E-state index is 13.2. The number of alkyl halides is 3. The van der Waals surface area contributed by atoms with Crippen molar-refractivity contribution in [1.82, 2.24) is 15.4 Å². The monoisotopic (exact) mass is 477 g/mol. The predicted octanol–water partition coefficient (Wildman–Crippen LogP) is 3.74. The van der Waals surface area contributed by atoms with Crippen LogP contribution >= 0.6 is 0 Å². The second-order valence-corrected chi connectivity index (χ2v) is 6.62. The zero-order chi connectivity index (χ0) is 24.9. The number of amides is 1. The summed E-state index contributed by atoms with van der Waals surface area (Å²) in [5.41, 5.74) is 2.36. The van der Waals surface area contributed by atoms with Gasteiger partial charge in [0.1, 0.15) is 6.33 Å². The molecule has 176 valence electrons. The summed E-state index contributed by atoms with van der Waals surface area (Å²) >= 11 is 0. The predicted molar refractivity (Wildman–Crippen MR) is 112 cm³/mol. The number of para-hydroxylation sites is 1. The Hall–Kier alpha value is -4.82. The molecule has 12 nitrogen and oxygen atoms in total. The summed E-state index contributed by atoms with van der Waals surface area (Å²) in [6.45, 7) is 0. The summed E-state index contributed by atoms with van der Waals surface area (Å²) in [6.07, 6.45) is -4.09. The van der Waals surface area contributed by atoms with Crippen molar-refractivity contribution in [2.45, 2.75) is 12.6 Å². The van der Waals surface area contributed by atoms with Crippen LogP contribution in [0.5, 0.6) is 0 Å². The molecule has 3 aromatic rings. The molecule has 0 aliphatic rings. The van der Waals surface area contributed by atoms with E-state index < -0.39 is 50.5 Å². The van der Waals surface area contributed by atoms with Gasteiger partial charge in [-0.25, -0.2) is 9.97 Å². The first-order valence-electron chi connectivity index (χ1n) is 9.27. The molecule has 3 N–H and O–H groups in total. The van der Waals surface area contributed by atoms with Gasteiger partial charge in [0.05, 0.1) is 27.5 Å². The van der Waals surface area contributed by atoms with Gasteiger partial charge in [-0.05, 0) is 17.7 Å². The molecule has 15 heteroatoms. The summed E-state index contributed by atoms with van der Waals surface area (Å²) in [5.74, 6) is -1.69. The Morgan fingerprint density at radius 1 is 0.941 bits per heavy atom. The van der Waals surface area contributed by atoms with E-state index in [1.165, 1.54) is 30.3 Å². The van der Waals surface area contributed by atoms with Crippen molar-refractivity contribution in [3.05, 3.63) is 86.2 Å². The van der Waals surface area contributed by atoms with Crippen LogP contribution in [0, 0.1) is 20.2 Å². The molecule has 34 heavy (non-hydrogen) atoms. The number of anilines is 3. The Morgan fingerprint density at radius 3 is 2.21 bits per heavy atom. The number of nitrogens with one attached hydrogen (secondary N) is 3. The first kappa shape index (κ1) is 23.8. The lowest BCUT2D eigenvalue weighted by Crippen LogP contribution is -2.31. The minimum absolute atomic E-state index is 0.161. The number of hydrazine groups is 1. The van der Waals surface area contributed by atoms with E-state index >= 15 is 0 Å². The highest BCUT2D eigenvalue weighted by atomic mass is 19.4. The molecular formula is C19H14F3N7O5. The van der Waals surface area contributed by atoms with E-state index in [0.29, 0.717) is 5.56 Å². The molecule has 2 aromatic carbocycles. The summed E-state index contributed by atoms with van der Waals surface area (Å²) < 4.78 is 39.7. The molecule has 0 saturated carbocycles. The molecule has 0 saturated heterocycles. The maximum Gasteiger partial charge on any atom is 0.418 e. The van der Waals surface area contributed by atoms with Gasteiger partial charge in [-0.15, -0.1) is 0 Å². The number of halogens is 3. The third kappa shape index (κ3) is 5.70. The van der Waals surface area contributed by atoms with Crippen molar-refractivity contribution in [1.29, 1.82) is 0 Å². The van der Waals surface area contributed by atoms with Gasteiger partial charge in [0.15, 0.2) is 0 Å². The van der Waals surface area contributed by atoms with E-state index in [1.807, 2.05) is 0 Å². The minimum atomic E-state index is -4.72. The van der Waals surface area contributed by atoms with Crippen LogP contribution in [-0.2, 0) is 17.4 Å². The van der Waals surface area contributed by atoms with E-state index in [0.717, 1.165) is 24.5 Å². The number of nitro benzene ring substituents is 1. The zero-order valence-corrected chi connectivity index (χ0v) is 16.9. The molecule has 0 atom stereocenters. The van der Waals surface area contributed by atoms with Crippen molar-refractivity contribution >= 4 is 34.6 Å². The Bertz CT molecular complexity index is 1240. The molecule has 0 aliphatic heterocycles. The average molecular weight is 477 g/mol. The van der Waals surface area contributed by atoms with Gasteiger partial charge in [0.2, 0.25) is 17.5 Å². The lowest BCUT2D eigenvalue weighted by atomic mass is 10.1. The molecule has 1 amide bonds. The number of aromatic nitrogens is 2. The van der Waals surface area contributed by atoms with E-state index in [9.17, 15) is 38.2 Å². The van der Waals surface area contributed by atoms with Gasteiger partial charge in [-0.2, -0.15) is 13.2 Å². The number of nitrogens with zero attached hydrogens (tertiary/aromatic N) is 4. The van der Waals surface area contributed by atoms with Crippen molar-refractivity contribution in [3.63, 3.8) is 0 Å². The number of hydrogen-bond acceptors (Lipinski definition) is 9. The van der Waals surface area contributed by atoms with Crippen LogP contribution in [0.25, 0.3) is 0 Å². The van der Waals surface area contributed by atoms with Crippen LogP contribution in [0.3, 0.4) is 0 Å². The average Bonchev–Trinajstić information content (AvgIpc) is 2.77. The van der Waals surface area contributed by atoms with E-state index in [-0.39, 0.29) is 12.1 Å². The quantitative estimate of drug-likeness (QED) is 0.324. The normalized spacial score (nSPS) is 10.9. The molecule has 0 aliphatic carbocycles. The summed E-state index contributed by atoms with van der Waals surface area (Å²) in [6, 6.07) is 9.50. The lowest BCUT2D eigenvalue weighted by molar-refractivity contribution is -0.384. The van der Waals surface area contributed by atoms with Gasteiger partial charge in [0.25, 0.3) is 5.69 Å². The highest BCUT2D eigenvalue weighted by molar-refractivity contribution is 5.81. The fourth-order valence-corrected chi connectivity index (χ4v) is 2.80. The third-order valence-electron chi connectivity index (χ3n) is 4.32. The highest BCUT2D eigenvalue weighted by Crippen LogP contribution is 2.38. The lowest BCUT2D eigenvalue weighted by Gasteiger charge is -2.15. The van der Waals surface area contributed by atoms with Gasteiger partial charge < -0.3 is 5.32 Å². The van der Waals surface area contributed by atoms with Gasteiger partial charge in [-0.1, -0.05) is 24.3 Å². The number of carbonyl (C=O) groups excluding carboxylic acids is 1. The highest BCUT2D eigenvalue weighted by Gasteiger charge is 2.34. The summed E-state index contributed by atoms with van der Waals surface area (Å²) in [4.78, 5) is 40.2. The molecule has 0 spiro atoms. The van der Waals surface area contributed by atoms with Crippen molar-refractivity contribution in [2.75, 3.05) is 10.7 Å². The maximum atomic E-state index is 13.2. The van der Waals surface area contributed by atoms with Crippen LogP contribution in [0.1, 0.15) is 11.1 Å². The van der Waals surface area contributed by atoms with Gasteiger partial charge in [0, 0.05) is 12.1 Å². The van der Waals surface area contributed by atoms with Gasteiger partial charge in [-0.3, -0.25) is 35.9 Å². The third-order valence-corrected chi connectivity index (χ3v) is 4.32. The van der Waals surface area contributed by atoms with E-state index in [4.69, 9.17) is 0 Å². The fraction of sp³-hybridized carbons (Fsp3) is 0.105. The number of benzene rings is 2. The smallest absolute Gasteiger partial charge is 0.334 e. The Labute approximate surface area is 188 Å². The fourth-order valence-electron chi connectivity index (χ4n) is 2.80. The van der Waals surface area contributed by atoms with Crippen molar-refractivity contribution < 1.29 is 27.8 Å². The minimum Gasteiger partial charge on any atom is -0.334 e. The van der Waals surface area contributed by atoms with Crippen LogP contribution < -0.4 is 16.2 Å². The van der Waals surface area contributed by atoms with Crippen LogP contribution in [0.4, 0.5) is 41.9 Å². The Morgan fingerprint density at radius 2 is 1.59 bits per heavy atom. The topological polar surface area (TPSA) is 165 Å². The molecule has 0 radical (unpaired) electrons. The Balaban J connectivity index is 1.77. The number of non-ortho nitro benzene ring substituents is 1. The molecule has 1 heterocycles. The van der Waals surface area contributed by atoms with Crippen molar-refractivity contribution in [2.24, 2.45) is 0 Å². The molecule has 3 rings (SSSR count). The Kier molecular flexibility index (Phi) is 6.84. The molecule has 1 aromatic heterocycles. The molecule has 0 fully saturated rings. The largest absolute Gasteiger partial charge is 0.418 e. The summed E-state index contributed by atoms with van der Waals surface area (Å²) in [7, 11) is 0. The first-order valence-corrected chi connectivity index (χ1v) is 9.27. The number of carbonyl (C=O) groups is 1. The van der Waals surface area contributed by atoms with Crippen LogP contribution in [0.15, 0.2) is 54.9 Å². The number of hydrogen-bond donors (Lipinski definition) is 3. The first-order chi connectivity index (χ1) is 16.1. The van der Waals surface area contributed by atoms with Gasteiger partial charge >= 0.3 is 11.9 Å². The second kappa shape index (κ2) is 9.76. The second-order valence-electron chi connectivity index (χ2n) is 6.62. The standard InChI is InChI=1S/C19H14F3N7O5/c20-19(21,22)13-3-1-2-4-14(13)25-17-16(29(33)34)18(24-10-23-17)27-26-15(30)9-11-5-7-12(8-6-11)28(31)32/h1-8,10H,9H2,(H,26,30)(H2,23,24,25,27). The van der Waals surface area contributed by atoms with Crippen LogP contribution in [-0.4, -0.2) is 25.7 Å². The summed E-state index contributed by atoms with van der Waals surface area (Å²) in [5, 5.41) is 24.6. The van der Waals surface area contributed by atoms with Crippen molar-refractivity contribution in [3.8, 4) is 0 Å². The number of nitro groups is 2. The molecule has 0 unspecified atom stereocenters. The zero-order valence-electron chi connectivity index (χ0n) is 16.9. The number of rotatable bonds is 8. The van der Waals surface area contributed by atoms with Crippen LogP contribution in [0.2, 0.25) is 0 Å². The SMILES string of the molecule is O=C(Cc1ccc([N+](=O)[O-])cc1)NNc1ncnc(Nc2ccccc2C(F)(F)F)c1[N+](=O)[O-]. The molecule has 0 bridgehead atoms.